The van der Waals surface area contributed by atoms with E-state index in [1.807, 2.05) is 13.0 Å². The van der Waals surface area contributed by atoms with Gasteiger partial charge in [-0.3, -0.25) is 0 Å². The van der Waals surface area contributed by atoms with Gasteiger partial charge in [0.25, 0.3) is 0 Å². The minimum atomic E-state index is -0.321. The number of aryl methyl sites for hydroxylation is 1. The molecule has 0 saturated carbocycles. The molecule has 1 aromatic carbocycles. The van der Waals surface area contributed by atoms with E-state index in [2.05, 4.69) is 9.68 Å². The number of rotatable bonds is 1. The molecule has 0 aliphatic carbocycles. The Morgan fingerprint density at radius 3 is 2.71 bits per heavy atom. The van der Waals surface area contributed by atoms with E-state index in [9.17, 15) is 4.39 Å². The number of hydrogen-bond donors (Lipinski definition) is 1. The van der Waals surface area contributed by atoms with E-state index < -0.39 is 0 Å². The number of hydrogen-bond acceptors (Lipinski definition) is 3. The van der Waals surface area contributed by atoms with E-state index in [-0.39, 0.29) is 11.7 Å². The Morgan fingerprint density at radius 1 is 1.36 bits per heavy atom. The van der Waals surface area contributed by atoms with Gasteiger partial charge in [0, 0.05) is 11.6 Å². The van der Waals surface area contributed by atoms with Gasteiger partial charge in [0.1, 0.15) is 11.5 Å². The summed E-state index contributed by atoms with van der Waals surface area (Å²) in [4.78, 5) is 0. The summed E-state index contributed by atoms with van der Waals surface area (Å²) >= 11 is 0. The molecule has 2 N–H and O–H groups in total. The van der Waals surface area contributed by atoms with Gasteiger partial charge in [-0.05, 0) is 24.6 Å². The van der Waals surface area contributed by atoms with Crippen LogP contribution in [0.5, 0.6) is 0 Å². The van der Waals surface area contributed by atoms with Gasteiger partial charge in [0.2, 0.25) is 5.88 Å². The highest BCUT2D eigenvalue weighted by molar-refractivity contribution is 5.62. The van der Waals surface area contributed by atoms with Crippen molar-refractivity contribution in [1.82, 2.24) is 5.16 Å². The lowest BCUT2D eigenvalue weighted by atomic mass is 10.1. The monoisotopic (exact) mass is 192 g/mol. The highest BCUT2D eigenvalue weighted by Crippen LogP contribution is 2.23. The summed E-state index contributed by atoms with van der Waals surface area (Å²) in [6.07, 6.45) is 0. The first kappa shape index (κ1) is 8.74. The van der Waals surface area contributed by atoms with Crippen molar-refractivity contribution >= 4 is 5.88 Å². The van der Waals surface area contributed by atoms with Crippen molar-refractivity contribution in [2.75, 3.05) is 5.73 Å². The van der Waals surface area contributed by atoms with Crippen LogP contribution >= 0.6 is 0 Å². The van der Waals surface area contributed by atoms with Crippen LogP contribution in [0.3, 0.4) is 0 Å². The van der Waals surface area contributed by atoms with Crippen molar-refractivity contribution in [2.24, 2.45) is 0 Å². The molecule has 0 spiro atoms. The SMILES string of the molecule is Cc1ccc(-c2cc(N)on2)c(F)c1. The van der Waals surface area contributed by atoms with Crippen LogP contribution in [0.15, 0.2) is 28.8 Å². The molecule has 1 heterocycles. The molecule has 1 aromatic heterocycles. The van der Waals surface area contributed by atoms with Gasteiger partial charge in [-0.15, -0.1) is 0 Å². The fourth-order valence-corrected chi connectivity index (χ4v) is 1.24. The quantitative estimate of drug-likeness (QED) is 0.754. The summed E-state index contributed by atoms with van der Waals surface area (Å²) in [5, 5.41) is 3.64. The molecule has 0 saturated heterocycles. The first-order valence-electron chi connectivity index (χ1n) is 4.15. The second kappa shape index (κ2) is 3.14. The lowest BCUT2D eigenvalue weighted by Crippen LogP contribution is -1.85. The molecular formula is C10H9FN2O. The topological polar surface area (TPSA) is 52.0 Å². The van der Waals surface area contributed by atoms with E-state index in [4.69, 9.17) is 5.73 Å². The summed E-state index contributed by atoms with van der Waals surface area (Å²) in [5.74, 6) is -0.140. The molecule has 2 rings (SSSR count). The van der Waals surface area contributed by atoms with Gasteiger partial charge in [0.05, 0.1) is 0 Å². The summed E-state index contributed by atoms with van der Waals surface area (Å²) in [7, 11) is 0. The third-order valence-corrected chi connectivity index (χ3v) is 1.93. The number of benzene rings is 1. The van der Waals surface area contributed by atoms with Gasteiger partial charge < -0.3 is 10.3 Å². The second-order valence-corrected chi connectivity index (χ2v) is 3.10. The number of aromatic nitrogens is 1. The van der Waals surface area contributed by atoms with Crippen LogP contribution in [0, 0.1) is 12.7 Å². The molecule has 0 atom stereocenters. The number of halogens is 1. The molecule has 14 heavy (non-hydrogen) atoms. The summed E-state index contributed by atoms with van der Waals surface area (Å²) < 4.78 is 18.1. The normalized spacial score (nSPS) is 10.4. The Balaban J connectivity index is 2.52. The average molecular weight is 192 g/mol. The van der Waals surface area contributed by atoms with Gasteiger partial charge in [-0.2, -0.15) is 0 Å². The zero-order valence-electron chi connectivity index (χ0n) is 7.62. The molecule has 2 aromatic rings. The zero-order valence-corrected chi connectivity index (χ0v) is 7.62. The van der Waals surface area contributed by atoms with Crippen LogP contribution in [0.1, 0.15) is 5.56 Å². The first-order chi connectivity index (χ1) is 6.66. The minimum Gasteiger partial charge on any atom is -0.368 e. The maximum atomic E-state index is 13.4. The molecule has 72 valence electrons. The van der Waals surface area contributed by atoms with E-state index in [0.29, 0.717) is 11.3 Å². The standard InChI is InChI=1S/C10H9FN2O/c1-6-2-3-7(8(11)4-6)9-5-10(12)14-13-9/h2-5H,12H2,1H3. The number of nitrogens with two attached hydrogens (primary N) is 1. The van der Waals surface area contributed by atoms with Crippen molar-refractivity contribution in [3.8, 4) is 11.3 Å². The Bertz CT molecular complexity index is 465. The molecule has 0 fully saturated rings. The molecule has 0 radical (unpaired) electrons. The highest BCUT2D eigenvalue weighted by atomic mass is 19.1. The van der Waals surface area contributed by atoms with E-state index in [0.717, 1.165) is 5.56 Å². The molecule has 4 heteroatoms. The predicted molar refractivity (Wildman–Crippen MR) is 51.0 cm³/mol. The molecule has 3 nitrogen and oxygen atoms in total. The van der Waals surface area contributed by atoms with Crippen molar-refractivity contribution in [1.29, 1.82) is 0 Å². The van der Waals surface area contributed by atoms with Gasteiger partial charge >= 0.3 is 0 Å². The van der Waals surface area contributed by atoms with Crippen molar-refractivity contribution < 1.29 is 8.91 Å². The van der Waals surface area contributed by atoms with Crippen molar-refractivity contribution in [2.45, 2.75) is 6.92 Å². The van der Waals surface area contributed by atoms with Crippen LogP contribution in [0.2, 0.25) is 0 Å². The van der Waals surface area contributed by atoms with Crippen molar-refractivity contribution in [3.63, 3.8) is 0 Å². The van der Waals surface area contributed by atoms with E-state index in [1.54, 1.807) is 6.07 Å². The third-order valence-electron chi connectivity index (χ3n) is 1.93. The number of nitrogens with zero attached hydrogens (tertiary/aromatic N) is 1. The fourth-order valence-electron chi connectivity index (χ4n) is 1.24. The number of anilines is 1. The number of nitrogen functional groups attached to an aromatic ring is 1. The second-order valence-electron chi connectivity index (χ2n) is 3.10. The van der Waals surface area contributed by atoms with E-state index in [1.165, 1.54) is 12.1 Å². The average Bonchev–Trinajstić information content (AvgIpc) is 2.51. The van der Waals surface area contributed by atoms with Gasteiger partial charge in [-0.1, -0.05) is 11.2 Å². The lowest BCUT2D eigenvalue weighted by molar-refractivity contribution is 0.438. The molecule has 0 unspecified atom stereocenters. The maximum Gasteiger partial charge on any atom is 0.222 e. The summed E-state index contributed by atoms with van der Waals surface area (Å²) in [5.41, 5.74) is 7.02. The van der Waals surface area contributed by atoms with Gasteiger partial charge in [0.15, 0.2) is 0 Å². The Labute approximate surface area is 80.3 Å². The van der Waals surface area contributed by atoms with Crippen LogP contribution in [-0.2, 0) is 0 Å². The van der Waals surface area contributed by atoms with E-state index >= 15 is 0 Å². The largest absolute Gasteiger partial charge is 0.368 e. The minimum absolute atomic E-state index is 0.181. The van der Waals surface area contributed by atoms with Crippen LogP contribution in [0.4, 0.5) is 10.3 Å². The van der Waals surface area contributed by atoms with Gasteiger partial charge in [-0.25, -0.2) is 4.39 Å². The smallest absolute Gasteiger partial charge is 0.222 e. The van der Waals surface area contributed by atoms with Crippen LogP contribution in [-0.4, -0.2) is 5.16 Å². The third kappa shape index (κ3) is 1.46. The fraction of sp³-hybridized carbons (Fsp3) is 0.100. The Kier molecular flexibility index (Phi) is 1.96. The molecule has 0 bridgehead atoms. The molecule has 0 aliphatic heterocycles. The first-order valence-corrected chi connectivity index (χ1v) is 4.15. The van der Waals surface area contributed by atoms with Crippen LogP contribution < -0.4 is 5.73 Å². The lowest BCUT2D eigenvalue weighted by Gasteiger charge is -1.98. The van der Waals surface area contributed by atoms with Crippen LogP contribution in [0.25, 0.3) is 11.3 Å². The molecule has 0 aliphatic rings. The highest BCUT2D eigenvalue weighted by Gasteiger charge is 2.09. The van der Waals surface area contributed by atoms with Crippen molar-refractivity contribution in [3.05, 3.63) is 35.6 Å². The Hall–Kier alpha value is -1.84. The zero-order chi connectivity index (χ0) is 10.1. The maximum absolute atomic E-state index is 13.4. The molecule has 0 amide bonds. The molecular weight excluding hydrogens is 183 g/mol. The summed E-state index contributed by atoms with van der Waals surface area (Å²) in [6.45, 7) is 1.82. The Morgan fingerprint density at radius 2 is 2.14 bits per heavy atom. The predicted octanol–water partition coefficient (Wildman–Crippen LogP) is 2.37. The summed E-state index contributed by atoms with van der Waals surface area (Å²) in [6, 6.07) is 6.40.